The van der Waals surface area contributed by atoms with Crippen LogP contribution in [0.5, 0.6) is 0 Å². The number of nitrogens with one attached hydrogen (secondary N) is 2. The van der Waals surface area contributed by atoms with Gasteiger partial charge in [-0.05, 0) is 71.1 Å². The van der Waals surface area contributed by atoms with Crippen LogP contribution in [0.25, 0.3) is 0 Å². The number of ether oxygens (including phenoxy) is 1. The maximum Gasteiger partial charge on any atom is 0.407 e. The van der Waals surface area contributed by atoms with E-state index in [0.29, 0.717) is 6.04 Å². The number of fused-ring (bicyclic) bond motifs is 2. The highest BCUT2D eigenvalue weighted by Crippen LogP contribution is 2.45. The van der Waals surface area contributed by atoms with Crippen LogP contribution in [0.3, 0.4) is 0 Å². The van der Waals surface area contributed by atoms with Gasteiger partial charge < -0.3 is 15.4 Å². The summed E-state index contributed by atoms with van der Waals surface area (Å²) in [6.07, 6.45) is 8.73. The highest BCUT2D eigenvalue weighted by atomic mass is 16.6. The van der Waals surface area contributed by atoms with Gasteiger partial charge in [0, 0.05) is 18.1 Å². The lowest BCUT2D eigenvalue weighted by Gasteiger charge is -2.27. The van der Waals surface area contributed by atoms with Gasteiger partial charge in [0.1, 0.15) is 5.60 Å². The Balaban J connectivity index is 1.40. The molecule has 5 unspecified atom stereocenters. The second-order valence-electron chi connectivity index (χ2n) is 8.30. The zero-order valence-electron chi connectivity index (χ0n) is 13.7. The molecule has 0 spiro atoms. The van der Waals surface area contributed by atoms with Crippen LogP contribution in [0.1, 0.15) is 65.7 Å². The smallest absolute Gasteiger partial charge is 0.407 e. The Morgan fingerprint density at radius 1 is 1.00 bits per heavy atom. The fourth-order valence-corrected chi connectivity index (χ4v) is 4.49. The number of rotatable bonds is 3. The van der Waals surface area contributed by atoms with Crippen LogP contribution in [0.4, 0.5) is 4.79 Å². The van der Waals surface area contributed by atoms with E-state index >= 15 is 0 Å². The summed E-state index contributed by atoms with van der Waals surface area (Å²) >= 11 is 0. The quantitative estimate of drug-likeness (QED) is 0.840. The number of hydrogen-bond donors (Lipinski definition) is 2. The Labute approximate surface area is 128 Å². The van der Waals surface area contributed by atoms with E-state index in [4.69, 9.17) is 4.74 Å². The second kappa shape index (κ2) is 5.79. The molecule has 1 amide bonds. The fraction of sp³-hybridized carbons (Fsp3) is 0.941. The Kier molecular flexibility index (Phi) is 4.17. The van der Waals surface area contributed by atoms with Crippen molar-refractivity contribution in [3.63, 3.8) is 0 Å². The third kappa shape index (κ3) is 3.91. The fourth-order valence-electron chi connectivity index (χ4n) is 4.49. The van der Waals surface area contributed by atoms with E-state index in [1.165, 1.54) is 32.1 Å². The summed E-state index contributed by atoms with van der Waals surface area (Å²) < 4.78 is 5.34. The van der Waals surface area contributed by atoms with Gasteiger partial charge in [-0.1, -0.05) is 6.42 Å². The van der Waals surface area contributed by atoms with E-state index < -0.39 is 5.60 Å². The first-order valence-corrected chi connectivity index (χ1v) is 8.64. The van der Waals surface area contributed by atoms with Gasteiger partial charge >= 0.3 is 6.09 Å². The first kappa shape index (κ1) is 15.1. The number of alkyl carbamates (subject to hydrolysis) is 1. The van der Waals surface area contributed by atoms with Crippen LogP contribution in [-0.2, 0) is 4.74 Å². The third-order valence-corrected chi connectivity index (χ3v) is 5.34. The molecule has 21 heavy (non-hydrogen) atoms. The van der Waals surface area contributed by atoms with Gasteiger partial charge in [-0.2, -0.15) is 0 Å². The average Bonchev–Trinajstić information content (AvgIpc) is 3.03. The lowest BCUT2D eigenvalue weighted by atomic mass is 9.94. The van der Waals surface area contributed by atoms with Gasteiger partial charge in [-0.25, -0.2) is 4.79 Å². The standard InChI is InChI=1S/C17H30N2O2/c1-17(2,3)21-16(20)19-14-7-6-13(10-14)18-15-9-11-4-5-12(15)8-11/h11-15,18H,4-10H2,1-3H3,(H,19,20). The summed E-state index contributed by atoms with van der Waals surface area (Å²) in [7, 11) is 0. The SMILES string of the molecule is CC(C)(C)OC(=O)NC1CCC(NC2CC3CCC2C3)C1. The van der Waals surface area contributed by atoms with Crippen LogP contribution in [-0.4, -0.2) is 29.8 Å². The number of carbonyl (C=O) groups is 1. The molecule has 0 heterocycles. The minimum atomic E-state index is -0.413. The molecule has 4 nitrogen and oxygen atoms in total. The van der Waals surface area contributed by atoms with Crippen LogP contribution >= 0.6 is 0 Å². The highest BCUT2D eigenvalue weighted by molar-refractivity contribution is 5.68. The van der Waals surface area contributed by atoms with E-state index in [2.05, 4.69) is 10.6 Å². The van der Waals surface area contributed by atoms with Crippen molar-refractivity contribution in [3.05, 3.63) is 0 Å². The normalized spacial score (nSPS) is 38.7. The minimum absolute atomic E-state index is 0.270. The Hall–Kier alpha value is -0.770. The molecule has 3 fully saturated rings. The summed E-state index contributed by atoms with van der Waals surface area (Å²) in [5, 5.41) is 6.89. The molecule has 0 saturated heterocycles. The zero-order valence-corrected chi connectivity index (χ0v) is 13.7. The molecule has 3 saturated carbocycles. The van der Waals surface area contributed by atoms with Crippen LogP contribution in [0, 0.1) is 11.8 Å². The Morgan fingerprint density at radius 3 is 2.38 bits per heavy atom. The van der Waals surface area contributed by atoms with Crippen molar-refractivity contribution in [2.45, 2.75) is 89.4 Å². The summed E-state index contributed by atoms with van der Waals surface area (Å²) in [4.78, 5) is 11.8. The topological polar surface area (TPSA) is 50.4 Å². The zero-order chi connectivity index (χ0) is 15.0. The molecular weight excluding hydrogens is 264 g/mol. The predicted molar refractivity (Wildman–Crippen MR) is 83.2 cm³/mol. The van der Waals surface area contributed by atoms with E-state index in [0.717, 1.165) is 30.7 Å². The Bertz CT molecular complexity index is 391. The monoisotopic (exact) mass is 294 g/mol. The molecule has 2 N–H and O–H groups in total. The maximum absolute atomic E-state index is 11.8. The summed E-state index contributed by atoms with van der Waals surface area (Å²) in [5.41, 5.74) is -0.413. The molecule has 0 aromatic carbocycles. The van der Waals surface area contributed by atoms with Gasteiger partial charge in [0.25, 0.3) is 0 Å². The molecule has 0 radical (unpaired) electrons. The van der Waals surface area contributed by atoms with E-state index in [9.17, 15) is 4.79 Å². The first-order valence-electron chi connectivity index (χ1n) is 8.64. The van der Waals surface area contributed by atoms with E-state index in [-0.39, 0.29) is 12.1 Å². The number of hydrogen-bond acceptors (Lipinski definition) is 3. The number of carbonyl (C=O) groups excluding carboxylic acids is 1. The molecular formula is C17H30N2O2. The lowest BCUT2D eigenvalue weighted by molar-refractivity contribution is 0.0505. The second-order valence-corrected chi connectivity index (χ2v) is 8.30. The van der Waals surface area contributed by atoms with Gasteiger partial charge in [-0.3, -0.25) is 0 Å². The maximum atomic E-state index is 11.8. The molecule has 5 atom stereocenters. The van der Waals surface area contributed by atoms with Crippen molar-refractivity contribution >= 4 is 6.09 Å². The van der Waals surface area contributed by atoms with Gasteiger partial charge in [-0.15, -0.1) is 0 Å². The highest BCUT2D eigenvalue weighted by Gasteiger charge is 2.41. The van der Waals surface area contributed by atoms with E-state index in [1.807, 2.05) is 20.8 Å². The van der Waals surface area contributed by atoms with Gasteiger partial charge in [0.15, 0.2) is 0 Å². The lowest BCUT2D eigenvalue weighted by Crippen LogP contribution is -2.42. The molecule has 3 aliphatic rings. The van der Waals surface area contributed by atoms with Crippen LogP contribution < -0.4 is 10.6 Å². The van der Waals surface area contributed by atoms with Gasteiger partial charge in [0.05, 0.1) is 0 Å². The third-order valence-electron chi connectivity index (χ3n) is 5.34. The summed E-state index contributed by atoms with van der Waals surface area (Å²) in [6.45, 7) is 5.71. The first-order chi connectivity index (χ1) is 9.89. The molecule has 3 aliphatic carbocycles. The molecule has 120 valence electrons. The summed E-state index contributed by atoms with van der Waals surface area (Å²) in [6, 6.07) is 1.60. The largest absolute Gasteiger partial charge is 0.444 e. The van der Waals surface area contributed by atoms with Crippen molar-refractivity contribution in [1.29, 1.82) is 0 Å². The average molecular weight is 294 g/mol. The van der Waals surface area contributed by atoms with E-state index in [1.54, 1.807) is 0 Å². The van der Waals surface area contributed by atoms with Crippen molar-refractivity contribution < 1.29 is 9.53 Å². The predicted octanol–water partition coefficient (Wildman–Crippen LogP) is 3.21. The van der Waals surface area contributed by atoms with Crippen LogP contribution in [0.15, 0.2) is 0 Å². The summed E-state index contributed by atoms with van der Waals surface area (Å²) in [5.74, 6) is 1.91. The minimum Gasteiger partial charge on any atom is -0.444 e. The molecule has 0 aromatic rings. The van der Waals surface area contributed by atoms with Crippen molar-refractivity contribution in [3.8, 4) is 0 Å². The molecule has 0 aliphatic heterocycles. The molecule has 2 bridgehead atoms. The molecule has 4 heteroatoms. The van der Waals surface area contributed by atoms with Gasteiger partial charge in [0.2, 0.25) is 0 Å². The number of amides is 1. The van der Waals surface area contributed by atoms with Crippen molar-refractivity contribution in [2.75, 3.05) is 0 Å². The van der Waals surface area contributed by atoms with Crippen molar-refractivity contribution in [1.82, 2.24) is 10.6 Å². The van der Waals surface area contributed by atoms with Crippen LogP contribution in [0.2, 0.25) is 0 Å². The molecule has 3 rings (SSSR count). The Morgan fingerprint density at radius 2 is 1.76 bits per heavy atom. The van der Waals surface area contributed by atoms with Crippen molar-refractivity contribution in [2.24, 2.45) is 11.8 Å². The molecule has 0 aromatic heterocycles.